The average Bonchev–Trinajstić information content (AvgIpc) is 2.75. The van der Waals surface area contributed by atoms with Crippen LogP contribution in [0, 0.1) is 11.8 Å². The van der Waals surface area contributed by atoms with Crippen molar-refractivity contribution in [1.29, 1.82) is 0 Å². The van der Waals surface area contributed by atoms with E-state index in [0.717, 1.165) is 34.8 Å². The van der Waals surface area contributed by atoms with Crippen LogP contribution in [0.2, 0.25) is 5.02 Å². The Morgan fingerprint density at radius 1 is 1.43 bits per heavy atom. The summed E-state index contributed by atoms with van der Waals surface area (Å²) in [5, 5.41) is 11.2. The van der Waals surface area contributed by atoms with Crippen molar-refractivity contribution in [1.82, 2.24) is 4.90 Å². The number of carbonyl (C=O) groups is 1. The molecule has 0 radical (unpaired) electrons. The van der Waals surface area contributed by atoms with Crippen molar-refractivity contribution in [2.75, 3.05) is 13.1 Å². The van der Waals surface area contributed by atoms with Crippen LogP contribution in [-0.4, -0.2) is 29.1 Å². The lowest BCUT2D eigenvalue weighted by Gasteiger charge is -2.34. The first-order valence-electron chi connectivity index (χ1n) is 7.15. The number of piperidine rings is 1. The van der Waals surface area contributed by atoms with Crippen molar-refractivity contribution in [3.05, 3.63) is 34.2 Å². The minimum absolute atomic E-state index is 0.262. The van der Waals surface area contributed by atoms with Gasteiger partial charge in [-0.1, -0.05) is 36.7 Å². The second kappa shape index (κ2) is 5.95. The highest BCUT2D eigenvalue weighted by molar-refractivity contribution is 7.19. The number of carboxylic acids is 1. The Labute approximate surface area is 133 Å². The number of hydrogen-bond acceptors (Lipinski definition) is 3. The van der Waals surface area contributed by atoms with Gasteiger partial charge in [0.2, 0.25) is 0 Å². The van der Waals surface area contributed by atoms with Gasteiger partial charge in [0.15, 0.2) is 0 Å². The van der Waals surface area contributed by atoms with Gasteiger partial charge in [-0.05, 0) is 18.4 Å². The van der Waals surface area contributed by atoms with Crippen molar-refractivity contribution < 1.29 is 9.90 Å². The van der Waals surface area contributed by atoms with E-state index in [9.17, 15) is 9.90 Å². The van der Waals surface area contributed by atoms with E-state index in [2.05, 4.69) is 17.9 Å². The van der Waals surface area contributed by atoms with Gasteiger partial charge in [0.25, 0.3) is 0 Å². The number of nitrogens with zero attached hydrogens (tertiary/aromatic N) is 1. The number of thiophene rings is 1. The van der Waals surface area contributed by atoms with E-state index < -0.39 is 5.97 Å². The molecule has 0 spiro atoms. The molecule has 0 bridgehead atoms. The predicted octanol–water partition coefficient (Wildman–Crippen LogP) is 4.10. The largest absolute Gasteiger partial charge is 0.481 e. The second-order valence-corrected chi connectivity index (χ2v) is 7.42. The fraction of sp³-hybridized carbons (Fsp3) is 0.438. The zero-order valence-corrected chi connectivity index (χ0v) is 13.5. The lowest BCUT2D eigenvalue weighted by atomic mass is 9.90. The summed E-state index contributed by atoms with van der Waals surface area (Å²) in [5.74, 6) is -0.538. The topological polar surface area (TPSA) is 40.5 Å². The van der Waals surface area contributed by atoms with Gasteiger partial charge in [0, 0.05) is 34.6 Å². The second-order valence-electron chi connectivity index (χ2n) is 5.91. The van der Waals surface area contributed by atoms with Crippen LogP contribution < -0.4 is 0 Å². The number of aliphatic carboxylic acids is 1. The molecule has 1 saturated heterocycles. The minimum Gasteiger partial charge on any atom is -0.481 e. The normalized spacial score (nSPS) is 23.5. The molecule has 1 aromatic carbocycles. The SMILES string of the molecule is CC1CC(C(=O)O)CN(Cc2sc3ccccc3c2Cl)C1. The third-order valence-electron chi connectivity index (χ3n) is 4.05. The third-order valence-corrected chi connectivity index (χ3v) is 5.75. The Kier molecular flexibility index (Phi) is 4.20. The summed E-state index contributed by atoms with van der Waals surface area (Å²) in [6.07, 6.45) is 0.770. The molecule has 1 aliphatic rings. The monoisotopic (exact) mass is 323 g/mol. The van der Waals surface area contributed by atoms with Crippen LogP contribution >= 0.6 is 22.9 Å². The van der Waals surface area contributed by atoms with Crippen molar-refractivity contribution in [2.45, 2.75) is 19.9 Å². The number of halogens is 1. The molecule has 1 fully saturated rings. The summed E-state index contributed by atoms with van der Waals surface area (Å²) < 4.78 is 1.19. The van der Waals surface area contributed by atoms with Crippen LogP contribution in [0.3, 0.4) is 0 Å². The Balaban J connectivity index is 1.81. The zero-order chi connectivity index (χ0) is 15.0. The first kappa shape index (κ1) is 14.8. The van der Waals surface area contributed by atoms with Gasteiger partial charge >= 0.3 is 5.97 Å². The third kappa shape index (κ3) is 3.07. The first-order valence-corrected chi connectivity index (χ1v) is 8.35. The van der Waals surface area contributed by atoms with E-state index in [1.54, 1.807) is 11.3 Å². The molecule has 2 unspecified atom stereocenters. The number of fused-ring (bicyclic) bond motifs is 1. The predicted molar refractivity (Wildman–Crippen MR) is 87.0 cm³/mol. The molecule has 112 valence electrons. The number of benzene rings is 1. The van der Waals surface area contributed by atoms with Crippen LogP contribution in [0.4, 0.5) is 0 Å². The molecular weight excluding hydrogens is 306 g/mol. The molecule has 1 aromatic heterocycles. The Morgan fingerprint density at radius 3 is 2.90 bits per heavy atom. The van der Waals surface area contributed by atoms with Crippen LogP contribution in [-0.2, 0) is 11.3 Å². The zero-order valence-electron chi connectivity index (χ0n) is 11.9. The standard InChI is InChI=1S/C16H18ClNO2S/c1-10-6-11(16(19)20)8-18(7-10)9-14-15(17)12-4-2-3-5-13(12)21-14/h2-5,10-11H,6-9H2,1H3,(H,19,20). The molecule has 0 saturated carbocycles. The molecular formula is C16H18ClNO2S. The van der Waals surface area contributed by atoms with E-state index >= 15 is 0 Å². The molecule has 5 heteroatoms. The highest BCUT2D eigenvalue weighted by atomic mass is 35.5. The van der Waals surface area contributed by atoms with Gasteiger partial charge in [0.1, 0.15) is 0 Å². The molecule has 2 aromatic rings. The van der Waals surface area contributed by atoms with E-state index in [1.807, 2.05) is 18.2 Å². The highest BCUT2D eigenvalue weighted by Gasteiger charge is 2.30. The van der Waals surface area contributed by atoms with Crippen molar-refractivity contribution >= 4 is 39.0 Å². The maximum Gasteiger partial charge on any atom is 0.307 e. The summed E-state index contributed by atoms with van der Waals surface area (Å²) in [7, 11) is 0. The number of hydrogen-bond donors (Lipinski definition) is 1. The summed E-state index contributed by atoms with van der Waals surface area (Å²) in [5.41, 5.74) is 0. The van der Waals surface area contributed by atoms with Gasteiger partial charge in [0.05, 0.1) is 10.9 Å². The van der Waals surface area contributed by atoms with Gasteiger partial charge in [-0.15, -0.1) is 11.3 Å². The van der Waals surface area contributed by atoms with E-state index in [4.69, 9.17) is 11.6 Å². The fourth-order valence-corrected chi connectivity index (χ4v) is 4.67. The van der Waals surface area contributed by atoms with Gasteiger partial charge in [-0.25, -0.2) is 0 Å². The average molecular weight is 324 g/mol. The summed E-state index contributed by atoms with van der Waals surface area (Å²) in [6.45, 7) is 4.42. The lowest BCUT2D eigenvalue weighted by Crippen LogP contribution is -2.41. The lowest BCUT2D eigenvalue weighted by molar-refractivity contribution is -0.144. The van der Waals surface area contributed by atoms with Crippen LogP contribution in [0.25, 0.3) is 10.1 Å². The van der Waals surface area contributed by atoms with Gasteiger partial charge < -0.3 is 5.11 Å². The number of rotatable bonds is 3. The molecule has 21 heavy (non-hydrogen) atoms. The van der Waals surface area contributed by atoms with Crippen molar-refractivity contribution in [2.24, 2.45) is 11.8 Å². The molecule has 2 heterocycles. The van der Waals surface area contributed by atoms with E-state index in [0.29, 0.717) is 12.5 Å². The number of likely N-dealkylation sites (tertiary alicyclic amines) is 1. The summed E-state index contributed by atoms with van der Waals surface area (Å²) in [4.78, 5) is 14.6. The van der Waals surface area contributed by atoms with E-state index in [1.165, 1.54) is 4.70 Å². The van der Waals surface area contributed by atoms with Crippen LogP contribution in [0.15, 0.2) is 24.3 Å². The molecule has 0 aliphatic carbocycles. The first-order chi connectivity index (χ1) is 10.0. The molecule has 0 amide bonds. The van der Waals surface area contributed by atoms with Crippen molar-refractivity contribution in [3.8, 4) is 0 Å². The molecule has 3 rings (SSSR count). The van der Waals surface area contributed by atoms with Crippen LogP contribution in [0.1, 0.15) is 18.2 Å². The highest BCUT2D eigenvalue weighted by Crippen LogP contribution is 2.36. The summed E-state index contributed by atoms with van der Waals surface area (Å²) in [6, 6.07) is 8.13. The summed E-state index contributed by atoms with van der Waals surface area (Å²) >= 11 is 8.19. The molecule has 1 N–H and O–H groups in total. The molecule has 1 aliphatic heterocycles. The molecule has 2 atom stereocenters. The Bertz CT molecular complexity index is 669. The maximum atomic E-state index is 11.3. The van der Waals surface area contributed by atoms with Crippen molar-refractivity contribution in [3.63, 3.8) is 0 Å². The Hall–Kier alpha value is -1.10. The number of carboxylic acid groups (broad SMARTS) is 1. The Morgan fingerprint density at radius 2 is 2.19 bits per heavy atom. The quantitative estimate of drug-likeness (QED) is 0.924. The maximum absolute atomic E-state index is 11.3. The smallest absolute Gasteiger partial charge is 0.307 e. The minimum atomic E-state index is -0.686. The van der Waals surface area contributed by atoms with Gasteiger partial charge in [-0.2, -0.15) is 0 Å². The molecule has 3 nitrogen and oxygen atoms in total. The fourth-order valence-electron chi connectivity index (χ4n) is 3.14. The van der Waals surface area contributed by atoms with E-state index in [-0.39, 0.29) is 5.92 Å². The van der Waals surface area contributed by atoms with Gasteiger partial charge in [-0.3, -0.25) is 9.69 Å². The van der Waals surface area contributed by atoms with Crippen LogP contribution in [0.5, 0.6) is 0 Å².